The standard InChI is InChI=1S/C10H20N2O3/c1-7(2)4-5-11-10(15)12-8(3)6-9(13)14/h7-8H,4-6H2,1-3H3,(H,13,14)(H2,11,12,15)/t8-/m1/s1. The molecule has 0 aliphatic carbocycles. The third kappa shape index (κ3) is 9.05. The number of amides is 2. The summed E-state index contributed by atoms with van der Waals surface area (Å²) in [6, 6.07) is -0.647. The first-order chi connectivity index (χ1) is 6.91. The molecular weight excluding hydrogens is 196 g/mol. The zero-order valence-corrected chi connectivity index (χ0v) is 9.54. The molecule has 0 aromatic rings. The van der Waals surface area contributed by atoms with Crippen LogP contribution in [-0.4, -0.2) is 29.7 Å². The van der Waals surface area contributed by atoms with Crippen molar-refractivity contribution in [1.82, 2.24) is 10.6 Å². The fourth-order valence-corrected chi connectivity index (χ4v) is 1.06. The van der Waals surface area contributed by atoms with Crippen LogP contribution in [0.2, 0.25) is 0 Å². The second kappa shape index (κ2) is 7.09. The summed E-state index contributed by atoms with van der Waals surface area (Å²) >= 11 is 0. The van der Waals surface area contributed by atoms with E-state index in [2.05, 4.69) is 24.5 Å². The maximum atomic E-state index is 11.2. The molecule has 0 spiro atoms. The van der Waals surface area contributed by atoms with Crippen LogP contribution in [0, 0.1) is 5.92 Å². The Morgan fingerprint density at radius 3 is 2.33 bits per heavy atom. The number of aliphatic carboxylic acids is 1. The molecule has 3 N–H and O–H groups in total. The van der Waals surface area contributed by atoms with Crippen LogP contribution in [0.1, 0.15) is 33.6 Å². The number of carboxylic acid groups (broad SMARTS) is 1. The van der Waals surface area contributed by atoms with E-state index < -0.39 is 5.97 Å². The van der Waals surface area contributed by atoms with Crippen molar-refractivity contribution in [2.24, 2.45) is 5.92 Å². The Bertz CT molecular complexity index is 217. The Morgan fingerprint density at radius 2 is 1.87 bits per heavy atom. The van der Waals surface area contributed by atoms with Gasteiger partial charge in [0, 0.05) is 12.6 Å². The van der Waals surface area contributed by atoms with Gasteiger partial charge >= 0.3 is 12.0 Å². The molecule has 5 heteroatoms. The predicted molar refractivity (Wildman–Crippen MR) is 57.7 cm³/mol. The molecule has 0 aromatic carbocycles. The van der Waals surface area contributed by atoms with E-state index in [9.17, 15) is 9.59 Å². The molecule has 88 valence electrons. The van der Waals surface area contributed by atoms with E-state index in [1.807, 2.05) is 0 Å². The summed E-state index contributed by atoms with van der Waals surface area (Å²) in [5.74, 6) is -0.369. The minimum atomic E-state index is -0.912. The molecule has 0 fully saturated rings. The maximum absolute atomic E-state index is 11.2. The van der Waals surface area contributed by atoms with Crippen LogP contribution in [0.3, 0.4) is 0 Å². The number of carbonyl (C=O) groups is 2. The normalized spacial score (nSPS) is 12.3. The molecule has 0 rings (SSSR count). The molecule has 0 unspecified atom stereocenters. The molecule has 15 heavy (non-hydrogen) atoms. The van der Waals surface area contributed by atoms with Gasteiger partial charge in [0.05, 0.1) is 6.42 Å². The zero-order valence-electron chi connectivity index (χ0n) is 9.54. The molecule has 0 aliphatic rings. The summed E-state index contributed by atoms with van der Waals surface area (Å²) < 4.78 is 0. The number of rotatable bonds is 6. The average molecular weight is 216 g/mol. The van der Waals surface area contributed by atoms with Crippen LogP contribution in [0.4, 0.5) is 4.79 Å². The van der Waals surface area contributed by atoms with Crippen molar-refractivity contribution in [2.45, 2.75) is 39.7 Å². The molecule has 0 bridgehead atoms. The minimum Gasteiger partial charge on any atom is -0.481 e. The van der Waals surface area contributed by atoms with Gasteiger partial charge in [0.25, 0.3) is 0 Å². The second-order valence-corrected chi connectivity index (χ2v) is 4.08. The van der Waals surface area contributed by atoms with Gasteiger partial charge in [-0.2, -0.15) is 0 Å². The molecule has 5 nitrogen and oxygen atoms in total. The first-order valence-electron chi connectivity index (χ1n) is 5.18. The van der Waals surface area contributed by atoms with Crippen LogP contribution in [0.25, 0.3) is 0 Å². The number of nitrogens with one attached hydrogen (secondary N) is 2. The van der Waals surface area contributed by atoms with E-state index >= 15 is 0 Å². The van der Waals surface area contributed by atoms with Gasteiger partial charge in [-0.3, -0.25) is 4.79 Å². The number of carbonyl (C=O) groups excluding carboxylic acids is 1. The smallest absolute Gasteiger partial charge is 0.315 e. The Hall–Kier alpha value is -1.26. The van der Waals surface area contributed by atoms with Crippen molar-refractivity contribution in [3.05, 3.63) is 0 Å². The van der Waals surface area contributed by atoms with Gasteiger partial charge in [-0.05, 0) is 19.3 Å². The van der Waals surface area contributed by atoms with E-state index in [0.29, 0.717) is 12.5 Å². The molecular formula is C10H20N2O3. The van der Waals surface area contributed by atoms with Gasteiger partial charge in [0.15, 0.2) is 0 Å². The Morgan fingerprint density at radius 1 is 1.27 bits per heavy atom. The Labute approximate surface area is 90.2 Å². The van der Waals surface area contributed by atoms with E-state index in [0.717, 1.165) is 6.42 Å². The summed E-state index contributed by atoms with van der Waals surface area (Å²) in [6.07, 6.45) is 0.859. The fourth-order valence-electron chi connectivity index (χ4n) is 1.06. The van der Waals surface area contributed by atoms with Crippen LogP contribution in [-0.2, 0) is 4.79 Å². The third-order valence-corrected chi connectivity index (χ3v) is 1.87. The van der Waals surface area contributed by atoms with E-state index in [1.54, 1.807) is 6.92 Å². The summed E-state index contributed by atoms with van der Waals surface area (Å²) in [5.41, 5.74) is 0. The quantitative estimate of drug-likeness (QED) is 0.624. The van der Waals surface area contributed by atoms with Crippen LogP contribution in [0.15, 0.2) is 0 Å². The van der Waals surface area contributed by atoms with Crippen molar-refractivity contribution >= 4 is 12.0 Å². The van der Waals surface area contributed by atoms with Gasteiger partial charge in [-0.15, -0.1) is 0 Å². The highest BCUT2D eigenvalue weighted by molar-refractivity contribution is 5.75. The fraction of sp³-hybridized carbons (Fsp3) is 0.800. The van der Waals surface area contributed by atoms with E-state index in [1.165, 1.54) is 0 Å². The number of urea groups is 1. The molecule has 0 heterocycles. The lowest BCUT2D eigenvalue weighted by atomic mass is 10.1. The van der Waals surface area contributed by atoms with E-state index in [4.69, 9.17) is 5.11 Å². The van der Waals surface area contributed by atoms with Crippen molar-refractivity contribution < 1.29 is 14.7 Å². The Balaban J connectivity index is 3.60. The third-order valence-electron chi connectivity index (χ3n) is 1.87. The number of hydrogen-bond acceptors (Lipinski definition) is 2. The lowest BCUT2D eigenvalue weighted by Crippen LogP contribution is -2.42. The average Bonchev–Trinajstić information content (AvgIpc) is 2.00. The minimum absolute atomic E-state index is 0.0579. The summed E-state index contributed by atoms with van der Waals surface area (Å²) in [5, 5.41) is 13.7. The SMILES string of the molecule is CC(C)CCNC(=O)N[C@H](C)CC(=O)O. The molecule has 1 atom stereocenters. The van der Waals surface area contributed by atoms with Crippen LogP contribution >= 0.6 is 0 Å². The van der Waals surface area contributed by atoms with Gasteiger partial charge in [0.2, 0.25) is 0 Å². The van der Waals surface area contributed by atoms with Gasteiger partial charge in [-0.25, -0.2) is 4.79 Å². The predicted octanol–water partition coefficient (Wildman–Crippen LogP) is 1.19. The van der Waals surface area contributed by atoms with Crippen molar-refractivity contribution in [3.63, 3.8) is 0 Å². The zero-order chi connectivity index (χ0) is 11.8. The van der Waals surface area contributed by atoms with Crippen molar-refractivity contribution in [3.8, 4) is 0 Å². The highest BCUT2D eigenvalue weighted by Gasteiger charge is 2.10. The molecule has 0 radical (unpaired) electrons. The number of hydrogen-bond donors (Lipinski definition) is 3. The maximum Gasteiger partial charge on any atom is 0.315 e. The first kappa shape index (κ1) is 13.7. The molecule has 0 aromatic heterocycles. The molecule has 0 saturated carbocycles. The highest BCUT2D eigenvalue weighted by Crippen LogP contribution is 1.96. The molecule has 0 aliphatic heterocycles. The van der Waals surface area contributed by atoms with Gasteiger partial charge in [0.1, 0.15) is 0 Å². The van der Waals surface area contributed by atoms with Gasteiger partial charge in [-0.1, -0.05) is 13.8 Å². The van der Waals surface area contributed by atoms with Crippen molar-refractivity contribution in [2.75, 3.05) is 6.54 Å². The van der Waals surface area contributed by atoms with Crippen LogP contribution < -0.4 is 10.6 Å². The topological polar surface area (TPSA) is 78.4 Å². The second-order valence-electron chi connectivity index (χ2n) is 4.08. The monoisotopic (exact) mass is 216 g/mol. The van der Waals surface area contributed by atoms with Gasteiger partial charge < -0.3 is 15.7 Å². The Kier molecular flexibility index (Phi) is 6.49. The van der Waals surface area contributed by atoms with E-state index in [-0.39, 0.29) is 18.5 Å². The first-order valence-corrected chi connectivity index (χ1v) is 5.18. The molecule has 0 saturated heterocycles. The molecule has 2 amide bonds. The lowest BCUT2D eigenvalue weighted by molar-refractivity contribution is -0.137. The van der Waals surface area contributed by atoms with Crippen LogP contribution in [0.5, 0.6) is 0 Å². The lowest BCUT2D eigenvalue weighted by Gasteiger charge is -2.13. The van der Waals surface area contributed by atoms with Crippen molar-refractivity contribution in [1.29, 1.82) is 0 Å². The summed E-state index contributed by atoms with van der Waals surface area (Å²) in [4.78, 5) is 21.5. The summed E-state index contributed by atoms with van der Waals surface area (Å²) in [6.45, 7) is 6.43. The highest BCUT2D eigenvalue weighted by atomic mass is 16.4. The largest absolute Gasteiger partial charge is 0.481 e. The summed E-state index contributed by atoms with van der Waals surface area (Å²) in [7, 11) is 0. The number of carboxylic acids is 1.